The van der Waals surface area contributed by atoms with E-state index >= 15 is 0 Å². The minimum Gasteiger partial charge on any atom is -0.355 e. The summed E-state index contributed by atoms with van der Waals surface area (Å²) in [7, 11) is 0. The lowest BCUT2D eigenvalue weighted by molar-refractivity contribution is -0.139. The first-order valence-corrected chi connectivity index (χ1v) is 8.89. The normalized spacial score (nSPS) is 26.1. The molecule has 0 spiro atoms. The van der Waals surface area contributed by atoms with E-state index < -0.39 is 0 Å². The van der Waals surface area contributed by atoms with Gasteiger partial charge in [-0.05, 0) is 51.1 Å². The van der Waals surface area contributed by atoms with Gasteiger partial charge in [-0.1, -0.05) is 13.8 Å². The van der Waals surface area contributed by atoms with Gasteiger partial charge in [0.1, 0.15) is 0 Å². The summed E-state index contributed by atoms with van der Waals surface area (Å²) in [5.41, 5.74) is 0. The molecule has 0 aromatic rings. The van der Waals surface area contributed by atoms with Gasteiger partial charge in [0, 0.05) is 25.6 Å². The number of likely N-dealkylation sites (tertiary alicyclic amines) is 1. The summed E-state index contributed by atoms with van der Waals surface area (Å²) in [4.78, 5) is 26.6. The monoisotopic (exact) mass is 345 g/mol. The summed E-state index contributed by atoms with van der Waals surface area (Å²) >= 11 is 0. The molecule has 0 aromatic heterocycles. The van der Waals surface area contributed by atoms with Crippen molar-refractivity contribution in [1.82, 2.24) is 15.5 Å². The van der Waals surface area contributed by atoms with Crippen LogP contribution < -0.4 is 10.6 Å². The number of halogens is 1. The van der Waals surface area contributed by atoms with Crippen LogP contribution in [0.25, 0.3) is 0 Å². The maximum absolute atomic E-state index is 12.4. The van der Waals surface area contributed by atoms with E-state index in [0.717, 1.165) is 45.4 Å². The molecule has 2 aliphatic rings. The highest BCUT2D eigenvalue weighted by molar-refractivity contribution is 5.85. The van der Waals surface area contributed by atoms with Crippen LogP contribution in [-0.2, 0) is 9.59 Å². The third-order valence-electron chi connectivity index (χ3n) is 5.10. The van der Waals surface area contributed by atoms with Crippen molar-refractivity contribution in [2.75, 3.05) is 32.7 Å². The standard InChI is InChI=1S/C17H31N3O2.ClH/c1-3-13(2)17(22)20-9-5-7-15(12-20)16(21)19-11-14-6-4-8-18-10-14;/h13-15,18H,3-12H2,1-2H3,(H,19,21);1H. The van der Waals surface area contributed by atoms with E-state index in [4.69, 9.17) is 0 Å². The molecule has 2 amide bonds. The summed E-state index contributed by atoms with van der Waals surface area (Å²) in [6.45, 7) is 8.28. The van der Waals surface area contributed by atoms with Gasteiger partial charge in [-0.15, -0.1) is 12.4 Å². The Balaban J connectivity index is 0.00000264. The largest absolute Gasteiger partial charge is 0.355 e. The van der Waals surface area contributed by atoms with Crippen molar-refractivity contribution in [3.8, 4) is 0 Å². The summed E-state index contributed by atoms with van der Waals surface area (Å²) in [6, 6.07) is 0. The van der Waals surface area contributed by atoms with Gasteiger partial charge in [-0.25, -0.2) is 0 Å². The predicted molar refractivity (Wildman–Crippen MR) is 94.6 cm³/mol. The Morgan fingerprint density at radius 3 is 2.74 bits per heavy atom. The van der Waals surface area contributed by atoms with Crippen molar-refractivity contribution in [3.63, 3.8) is 0 Å². The van der Waals surface area contributed by atoms with Crippen LogP contribution >= 0.6 is 12.4 Å². The number of hydrogen-bond acceptors (Lipinski definition) is 3. The van der Waals surface area contributed by atoms with Crippen LogP contribution in [0, 0.1) is 17.8 Å². The molecule has 2 N–H and O–H groups in total. The summed E-state index contributed by atoms with van der Waals surface area (Å²) < 4.78 is 0. The second kappa shape index (κ2) is 10.1. The number of hydrogen-bond donors (Lipinski definition) is 2. The highest BCUT2D eigenvalue weighted by Gasteiger charge is 2.30. The SMILES string of the molecule is CCC(C)C(=O)N1CCCC(C(=O)NCC2CCCNC2)C1.Cl. The van der Waals surface area contributed by atoms with Gasteiger partial charge in [0.15, 0.2) is 0 Å². The first-order valence-electron chi connectivity index (χ1n) is 8.89. The number of carbonyl (C=O) groups excluding carboxylic acids is 2. The van der Waals surface area contributed by atoms with Crippen molar-refractivity contribution in [2.24, 2.45) is 17.8 Å². The van der Waals surface area contributed by atoms with Gasteiger partial charge in [-0.3, -0.25) is 9.59 Å². The molecule has 134 valence electrons. The Bertz CT molecular complexity index is 386. The molecule has 2 saturated heterocycles. The third-order valence-corrected chi connectivity index (χ3v) is 5.10. The number of amides is 2. The van der Waals surface area contributed by atoms with E-state index in [1.165, 1.54) is 12.8 Å². The zero-order chi connectivity index (χ0) is 15.9. The number of nitrogens with zero attached hydrogens (tertiary/aromatic N) is 1. The molecule has 2 rings (SSSR count). The van der Waals surface area contributed by atoms with Crippen LogP contribution in [0.1, 0.15) is 46.0 Å². The molecule has 23 heavy (non-hydrogen) atoms. The molecule has 2 fully saturated rings. The Labute approximate surface area is 146 Å². The molecule has 2 aliphatic heterocycles. The Hall–Kier alpha value is -0.810. The van der Waals surface area contributed by atoms with E-state index in [1.54, 1.807) is 0 Å². The molecule has 0 aliphatic carbocycles. The van der Waals surface area contributed by atoms with E-state index in [0.29, 0.717) is 12.5 Å². The van der Waals surface area contributed by atoms with Crippen molar-refractivity contribution >= 4 is 24.2 Å². The average molecular weight is 346 g/mol. The van der Waals surface area contributed by atoms with Gasteiger partial charge in [-0.2, -0.15) is 0 Å². The molecule has 2 heterocycles. The van der Waals surface area contributed by atoms with Crippen molar-refractivity contribution in [2.45, 2.75) is 46.0 Å². The fourth-order valence-corrected chi connectivity index (χ4v) is 3.37. The maximum atomic E-state index is 12.4. The molecule has 6 heteroatoms. The molecular formula is C17H32ClN3O2. The maximum Gasteiger partial charge on any atom is 0.225 e. The van der Waals surface area contributed by atoms with Crippen LogP contribution in [0.3, 0.4) is 0 Å². The molecule has 3 atom stereocenters. The Morgan fingerprint density at radius 2 is 2.09 bits per heavy atom. The molecule has 0 radical (unpaired) electrons. The fourth-order valence-electron chi connectivity index (χ4n) is 3.37. The molecule has 0 saturated carbocycles. The zero-order valence-electron chi connectivity index (χ0n) is 14.5. The predicted octanol–water partition coefficient (Wildman–Crippen LogP) is 1.81. The molecule has 3 unspecified atom stereocenters. The minimum absolute atomic E-state index is 0. The van der Waals surface area contributed by atoms with E-state index in [9.17, 15) is 9.59 Å². The first-order chi connectivity index (χ1) is 10.6. The lowest BCUT2D eigenvalue weighted by Crippen LogP contribution is -2.48. The van der Waals surface area contributed by atoms with Crippen molar-refractivity contribution < 1.29 is 9.59 Å². The highest BCUT2D eigenvalue weighted by atomic mass is 35.5. The lowest BCUT2D eigenvalue weighted by Gasteiger charge is -2.34. The van der Waals surface area contributed by atoms with Crippen LogP contribution in [0.5, 0.6) is 0 Å². The van der Waals surface area contributed by atoms with E-state index in [1.807, 2.05) is 18.7 Å². The molecule has 5 nitrogen and oxygen atoms in total. The van der Waals surface area contributed by atoms with Gasteiger partial charge in [0.2, 0.25) is 11.8 Å². The average Bonchev–Trinajstić information content (AvgIpc) is 2.59. The number of piperidine rings is 2. The van der Waals surface area contributed by atoms with Crippen molar-refractivity contribution in [3.05, 3.63) is 0 Å². The summed E-state index contributed by atoms with van der Waals surface area (Å²) in [5, 5.41) is 6.48. The first kappa shape index (κ1) is 20.2. The quantitative estimate of drug-likeness (QED) is 0.798. The van der Waals surface area contributed by atoms with Crippen LogP contribution in [0.2, 0.25) is 0 Å². The second-order valence-corrected chi connectivity index (χ2v) is 6.89. The van der Waals surface area contributed by atoms with Crippen LogP contribution in [-0.4, -0.2) is 49.4 Å². The minimum atomic E-state index is -0.0293. The van der Waals surface area contributed by atoms with Gasteiger partial charge in [0.05, 0.1) is 5.92 Å². The highest BCUT2D eigenvalue weighted by Crippen LogP contribution is 2.19. The van der Waals surface area contributed by atoms with Gasteiger partial charge in [0.25, 0.3) is 0 Å². The molecule has 0 aromatic carbocycles. The number of carbonyl (C=O) groups is 2. The summed E-state index contributed by atoms with van der Waals surface area (Å²) in [5.74, 6) is 0.927. The van der Waals surface area contributed by atoms with Gasteiger partial charge < -0.3 is 15.5 Å². The van der Waals surface area contributed by atoms with Crippen molar-refractivity contribution in [1.29, 1.82) is 0 Å². The fraction of sp³-hybridized carbons (Fsp3) is 0.882. The lowest BCUT2D eigenvalue weighted by atomic mass is 9.94. The molecule has 0 bridgehead atoms. The van der Waals surface area contributed by atoms with Gasteiger partial charge >= 0.3 is 0 Å². The van der Waals surface area contributed by atoms with Crippen LogP contribution in [0.4, 0.5) is 0 Å². The number of nitrogens with one attached hydrogen (secondary N) is 2. The smallest absolute Gasteiger partial charge is 0.225 e. The molecular weight excluding hydrogens is 314 g/mol. The van der Waals surface area contributed by atoms with E-state index in [-0.39, 0.29) is 36.1 Å². The Kier molecular flexibility index (Phi) is 8.92. The number of rotatable bonds is 5. The topological polar surface area (TPSA) is 61.4 Å². The second-order valence-electron chi connectivity index (χ2n) is 6.89. The third kappa shape index (κ3) is 5.96. The van der Waals surface area contributed by atoms with Crippen LogP contribution in [0.15, 0.2) is 0 Å². The zero-order valence-corrected chi connectivity index (χ0v) is 15.3. The summed E-state index contributed by atoms with van der Waals surface area (Å²) in [6.07, 6.45) is 5.09. The van der Waals surface area contributed by atoms with E-state index in [2.05, 4.69) is 10.6 Å². The Morgan fingerprint density at radius 1 is 1.30 bits per heavy atom.